The lowest BCUT2D eigenvalue weighted by atomic mass is 9.97. The standard InChI is InChI=1S/C15H16N2/c1-10-8-17-9-14(16)15(10)13-6-5-11-3-2-4-12(11)7-13/h5-9H,2-4,16H2,1H3. The van der Waals surface area contributed by atoms with Gasteiger partial charge in [-0.2, -0.15) is 0 Å². The number of nitrogen functional groups attached to an aromatic ring is 1. The molecule has 0 spiro atoms. The first kappa shape index (κ1) is 10.3. The van der Waals surface area contributed by atoms with Crippen LogP contribution in [0.1, 0.15) is 23.1 Å². The second-order valence-electron chi connectivity index (χ2n) is 4.76. The highest BCUT2D eigenvalue weighted by Gasteiger charge is 2.13. The molecule has 2 heteroatoms. The number of aryl methyl sites for hydroxylation is 3. The number of nitrogens with zero attached hydrogens (tertiary/aromatic N) is 1. The number of anilines is 1. The minimum absolute atomic E-state index is 0.767. The lowest BCUT2D eigenvalue weighted by molar-refractivity contribution is 0.912. The highest BCUT2D eigenvalue weighted by atomic mass is 14.7. The summed E-state index contributed by atoms with van der Waals surface area (Å²) in [5.41, 5.74) is 13.3. The molecule has 2 nitrogen and oxygen atoms in total. The Morgan fingerprint density at radius 1 is 1.12 bits per heavy atom. The SMILES string of the molecule is Cc1cncc(N)c1-c1ccc2c(c1)CCC2. The van der Waals surface area contributed by atoms with Crippen molar-refractivity contribution in [2.45, 2.75) is 26.2 Å². The summed E-state index contributed by atoms with van der Waals surface area (Å²) in [5.74, 6) is 0. The van der Waals surface area contributed by atoms with E-state index in [9.17, 15) is 0 Å². The minimum atomic E-state index is 0.767. The number of nitrogens with two attached hydrogens (primary N) is 1. The van der Waals surface area contributed by atoms with Crippen LogP contribution in [0.15, 0.2) is 30.6 Å². The van der Waals surface area contributed by atoms with Gasteiger partial charge < -0.3 is 5.73 Å². The van der Waals surface area contributed by atoms with Crippen LogP contribution in [0.2, 0.25) is 0 Å². The maximum absolute atomic E-state index is 6.04. The summed E-state index contributed by atoms with van der Waals surface area (Å²) in [4.78, 5) is 4.12. The van der Waals surface area contributed by atoms with Crippen molar-refractivity contribution in [3.05, 3.63) is 47.3 Å². The van der Waals surface area contributed by atoms with Crippen molar-refractivity contribution < 1.29 is 0 Å². The van der Waals surface area contributed by atoms with E-state index < -0.39 is 0 Å². The first-order valence-electron chi connectivity index (χ1n) is 6.08. The molecule has 0 unspecified atom stereocenters. The van der Waals surface area contributed by atoms with Crippen LogP contribution in [0.25, 0.3) is 11.1 Å². The molecule has 2 aromatic rings. The zero-order chi connectivity index (χ0) is 11.8. The summed E-state index contributed by atoms with van der Waals surface area (Å²) in [6.07, 6.45) is 7.31. The lowest BCUT2D eigenvalue weighted by Crippen LogP contribution is -1.95. The van der Waals surface area contributed by atoms with Gasteiger partial charge in [-0.25, -0.2) is 0 Å². The first-order valence-corrected chi connectivity index (χ1v) is 6.08. The van der Waals surface area contributed by atoms with E-state index in [-0.39, 0.29) is 0 Å². The molecule has 1 aromatic heterocycles. The molecule has 0 aliphatic heterocycles. The summed E-state index contributed by atoms with van der Waals surface area (Å²) < 4.78 is 0. The van der Waals surface area contributed by atoms with Crippen molar-refractivity contribution >= 4 is 5.69 Å². The predicted molar refractivity (Wildman–Crippen MR) is 70.8 cm³/mol. The molecule has 1 aliphatic carbocycles. The summed E-state index contributed by atoms with van der Waals surface area (Å²) in [6.45, 7) is 2.06. The van der Waals surface area contributed by atoms with Gasteiger partial charge in [0, 0.05) is 11.8 Å². The molecule has 1 heterocycles. The van der Waals surface area contributed by atoms with Crippen molar-refractivity contribution in [1.82, 2.24) is 4.98 Å². The lowest BCUT2D eigenvalue weighted by Gasteiger charge is -2.10. The van der Waals surface area contributed by atoms with Crippen LogP contribution < -0.4 is 5.73 Å². The summed E-state index contributed by atoms with van der Waals surface area (Å²) in [7, 11) is 0. The van der Waals surface area contributed by atoms with Crippen LogP contribution in [0.3, 0.4) is 0 Å². The summed E-state index contributed by atoms with van der Waals surface area (Å²) in [6, 6.07) is 6.72. The molecule has 0 atom stereocenters. The van der Waals surface area contributed by atoms with Crippen LogP contribution in [-0.2, 0) is 12.8 Å². The molecule has 86 valence electrons. The number of pyridine rings is 1. The summed E-state index contributed by atoms with van der Waals surface area (Å²) >= 11 is 0. The predicted octanol–water partition coefficient (Wildman–Crippen LogP) is 3.13. The molecular formula is C15H16N2. The fourth-order valence-corrected chi connectivity index (χ4v) is 2.71. The Hall–Kier alpha value is -1.83. The number of benzene rings is 1. The number of hydrogen-bond donors (Lipinski definition) is 1. The highest BCUT2D eigenvalue weighted by molar-refractivity contribution is 5.79. The van der Waals surface area contributed by atoms with Gasteiger partial charge in [0.05, 0.1) is 11.9 Å². The van der Waals surface area contributed by atoms with Gasteiger partial charge in [-0.15, -0.1) is 0 Å². The van der Waals surface area contributed by atoms with Crippen molar-refractivity contribution in [3.8, 4) is 11.1 Å². The molecule has 0 fully saturated rings. The second-order valence-corrected chi connectivity index (χ2v) is 4.76. The number of rotatable bonds is 1. The van der Waals surface area contributed by atoms with Gasteiger partial charge in [-0.3, -0.25) is 4.98 Å². The maximum Gasteiger partial charge on any atom is 0.0582 e. The van der Waals surface area contributed by atoms with E-state index in [1.807, 2.05) is 6.20 Å². The Bertz CT molecular complexity index is 553. The third kappa shape index (κ3) is 1.70. The Labute approximate surface area is 102 Å². The molecule has 17 heavy (non-hydrogen) atoms. The largest absolute Gasteiger partial charge is 0.397 e. The Morgan fingerprint density at radius 3 is 2.76 bits per heavy atom. The van der Waals surface area contributed by atoms with Crippen LogP contribution in [-0.4, -0.2) is 4.98 Å². The minimum Gasteiger partial charge on any atom is -0.397 e. The molecule has 0 saturated heterocycles. The van der Waals surface area contributed by atoms with Crippen LogP contribution >= 0.6 is 0 Å². The third-order valence-electron chi connectivity index (χ3n) is 3.55. The van der Waals surface area contributed by atoms with Crippen molar-refractivity contribution in [1.29, 1.82) is 0 Å². The van der Waals surface area contributed by atoms with Crippen LogP contribution in [0, 0.1) is 6.92 Å². The molecule has 2 N–H and O–H groups in total. The molecule has 1 aliphatic rings. The van der Waals surface area contributed by atoms with Gasteiger partial charge in [0.15, 0.2) is 0 Å². The molecular weight excluding hydrogens is 208 g/mol. The van der Waals surface area contributed by atoms with Gasteiger partial charge >= 0.3 is 0 Å². The molecule has 0 radical (unpaired) electrons. The number of aromatic nitrogens is 1. The van der Waals surface area contributed by atoms with Gasteiger partial charge in [0.2, 0.25) is 0 Å². The maximum atomic E-state index is 6.04. The van der Waals surface area contributed by atoms with Gasteiger partial charge in [0.1, 0.15) is 0 Å². The fraction of sp³-hybridized carbons (Fsp3) is 0.267. The van der Waals surface area contributed by atoms with Crippen LogP contribution in [0.4, 0.5) is 5.69 Å². The van der Waals surface area contributed by atoms with Gasteiger partial charge in [-0.1, -0.05) is 18.2 Å². The Kier molecular flexibility index (Phi) is 2.36. The molecule has 1 aromatic carbocycles. The normalized spacial score (nSPS) is 13.7. The van der Waals surface area contributed by atoms with E-state index in [1.54, 1.807) is 6.20 Å². The molecule has 3 rings (SSSR count). The van der Waals surface area contributed by atoms with E-state index >= 15 is 0 Å². The average Bonchev–Trinajstić information content (AvgIpc) is 2.76. The monoisotopic (exact) mass is 224 g/mol. The average molecular weight is 224 g/mol. The zero-order valence-corrected chi connectivity index (χ0v) is 10.0. The van der Waals surface area contributed by atoms with E-state index in [2.05, 4.69) is 30.1 Å². The first-order chi connectivity index (χ1) is 8.25. The smallest absolute Gasteiger partial charge is 0.0582 e. The Morgan fingerprint density at radius 2 is 1.94 bits per heavy atom. The molecule has 0 amide bonds. The zero-order valence-electron chi connectivity index (χ0n) is 10.0. The molecule has 0 bridgehead atoms. The van der Waals surface area contributed by atoms with Crippen LogP contribution in [0.5, 0.6) is 0 Å². The van der Waals surface area contributed by atoms with Crippen molar-refractivity contribution in [2.24, 2.45) is 0 Å². The Balaban J connectivity index is 2.16. The van der Waals surface area contributed by atoms with Gasteiger partial charge in [0.25, 0.3) is 0 Å². The number of fused-ring (bicyclic) bond motifs is 1. The van der Waals surface area contributed by atoms with Gasteiger partial charge in [-0.05, 0) is 48.4 Å². The van der Waals surface area contributed by atoms with E-state index in [1.165, 1.54) is 36.0 Å². The highest BCUT2D eigenvalue weighted by Crippen LogP contribution is 2.32. The molecule has 0 saturated carbocycles. The topological polar surface area (TPSA) is 38.9 Å². The summed E-state index contributed by atoms with van der Waals surface area (Å²) in [5, 5.41) is 0. The number of hydrogen-bond acceptors (Lipinski definition) is 2. The third-order valence-corrected chi connectivity index (χ3v) is 3.55. The van der Waals surface area contributed by atoms with E-state index in [0.29, 0.717) is 0 Å². The second kappa shape index (κ2) is 3.88. The fourth-order valence-electron chi connectivity index (χ4n) is 2.71. The van der Waals surface area contributed by atoms with Crippen molar-refractivity contribution in [2.75, 3.05) is 5.73 Å². The van der Waals surface area contributed by atoms with Crippen molar-refractivity contribution in [3.63, 3.8) is 0 Å². The van der Waals surface area contributed by atoms with E-state index in [4.69, 9.17) is 5.73 Å². The van der Waals surface area contributed by atoms with E-state index in [0.717, 1.165) is 16.8 Å². The quantitative estimate of drug-likeness (QED) is 0.808.